The van der Waals surface area contributed by atoms with Crippen LogP contribution in [0.1, 0.15) is 101 Å². The minimum Gasteiger partial charge on any atom is -0.511 e. The maximum atomic E-state index is 14.7. The first-order valence-electron chi connectivity index (χ1n) is 15.3. The zero-order valence-corrected chi connectivity index (χ0v) is 27.4. The van der Waals surface area contributed by atoms with Crippen LogP contribution in [0.25, 0.3) is 11.1 Å². The second-order valence-electron chi connectivity index (χ2n) is 15.0. The van der Waals surface area contributed by atoms with Gasteiger partial charge in [0, 0.05) is 33.4 Å². The summed E-state index contributed by atoms with van der Waals surface area (Å²) in [5.41, 5.74) is -3.97. The van der Waals surface area contributed by atoms with Crippen molar-refractivity contribution in [3.05, 3.63) is 75.3 Å². The number of ketones is 4. The number of phenols is 1. The Bertz CT molecular complexity index is 1780. The number of rotatable bonds is 4. The Labute approximate surface area is 263 Å². The van der Waals surface area contributed by atoms with E-state index in [9.17, 15) is 39.6 Å². The lowest BCUT2D eigenvalue weighted by Crippen LogP contribution is -2.67. The molecule has 0 aromatic heterocycles. The third-order valence-electron chi connectivity index (χ3n) is 10.4. The van der Waals surface area contributed by atoms with E-state index in [1.165, 1.54) is 6.92 Å². The number of fused-ring (bicyclic) bond motifs is 3. The van der Waals surface area contributed by atoms with Crippen LogP contribution in [0, 0.1) is 22.7 Å². The van der Waals surface area contributed by atoms with E-state index in [0.29, 0.717) is 27.8 Å². The molecule has 4 atom stereocenters. The number of benzene rings is 2. The average Bonchev–Trinajstić information content (AvgIpc) is 2.89. The maximum absolute atomic E-state index is 14.7. The van der Waals surface area contributed by atoms with E-state index >= 15 is 0 Å². The first kappa shape index (κ1) is 32.4. The van der Waals surface area contributed by atoms with E-state index in [-0.39, 0.29) is 41.4 Å². The van der Waals surface area contributed by atoms with Crippen molar-refractivity contribution in [1.82, 2.24) is 0 Å². The number of hydrogen-bond donors (Lipinski definition) is 4. The van der Waals surface area contributed by atoms with Crippen molar-refractivity contribution in [3.8, 4) is 16.9 Å². The molecule has 0 aliphatic heterocycles. The zero-order chi connectivity index (χ0) is 33.8. The summed E-state index contributed by atoms with van der Waals surface area (Å²) in [6, 6.07) is 8.89. The van der Waals surface area contributed by atoms with Gasteiger partial charge in [-0.15, -0.1) is 0 Å². The Morgan fingerprint density at radius 2 is 1.60 bits per heavy atom. The van der Waals surface area contributed by atoms with E-state index < -0.39 is 62.2 Å². The van der Waals surface area contributed by atoms with E-state index in [1.807, 2.05) is 32.9 Å². The SMILES string of the molecule is CC(=O)C1=C(O)C(C(C)C)[C@@]2(C)C[C@@]3(C)Cc4c(-c5cccc(C(C)=O)c5)cc(C(C)(C)C)c(O)c4C(=O)C3=C(O)[C@@]2(O)C1=O. The van der Waals surface area contributed by atoms with Crippen LogP contribution in [0.3, 0.4) is 0 Å². The van der Waals surface area contributed by atoms with Gasteiger partial charge in [-0.2, -0.15) is 0 Å². The van der Waals surface area contributed by atoms with Crippen molar-refractivity contribution in [2.45, 2.75) is 86.2 Å². The first-order valence-corrected chi connectivity index (χ1v) is 15.3. The van der Waals surface area contributed by atoms with Crippen molar-refractivity contribution < 1.29 is 39.6 Å². The van der Waals surface area contributed by atoms with Gasteiger partial charge in [-0.05, 0) is 66.8 Å². The third-order valence-corrected chi connectivity index (χ3v) is 10.4. The fraction of sp³-hybridized carbons (Fsp3) is 0.459. The Kier molecular flexibility index (Phi) is 7.18. The summed E-state index contributed by atoms with van der Waals surface area (Å²) in [7, 11) is 0. The van der Waals surface area contributed by atoms with Crippen LogP contribution in [0.5, 0.6) is 5.75 Å². The number of carbonyl (C=O) groups excluding carboxylic acids is 4. The number of allylic oxidation sites excluding steroid dienone is 2. The monoisotopic (exact) mass is 614 g/mol. The normalized spacial score (nSPS) is 28.2. The Balaban J connectivity index is 1.88. The molecule has 4 N–H and O–H groups in total. The van der Waals surface area contributed by atoms with Gasteiger partial charge in [-0.3, -0.25) is 19.2 Å². The molecule has 5 rings (SSSR count). The molecule has 238 valence electrons. The van der Waals surface area contributed by atoms with Gasteiger partial charge >= 0.3 is 0 Å². The van der Waals surface area contributed by atoms with Crippen molar-refractivity contribution in [2.24, 2.45) is 22.7 Å². The fourth-order valence-electron chi connectivity index (χ4n) is 8.54. The molecule has 3 aliphatic rings. The number of aromatic hydroxyl groups is 1. The first-order chi connectivity index (χ1) is 20.6. The lowest BCUT2D eigenvalue weighted by atomic mass is 9.44. The quantitative estimate of drug-likeness (QED) is 0.225. The van der Waals surface area contributed by atoms with Gasteiger partial charge in [0.15, 0.2) is 23.0 Å². The maximum Gasteiger partial charge on any atom is 0.209 e. The van der Waals surface area contributed by atoms with Crippen LogP contribution in [-0.2, 0) is 21.4 Å². The van der Waals surface area contributed by atoms with Gasteiger partial charge in [-0.25, -0.2) is 0 Å². The molecule has 2 aromatic carbocycles. The van der Waals surface area contributed by atoms with Crippen LogP contribution < -0.4 is 0 Å². The van der Waals surface area contributed by atoms with Crippen molar-refractivity contribution in [2.75, 3.05) is 0 Å². The number of Topliss-reactive ketones (excluding diaryl/α,β-unsaturated/α-hetero) is 4. The molecule has 0 heterocycles. The lowest BCUT2D eigenvalue weighted by molar-refractivity contribution is -0.171. The van der Waals surface area contributed by atoms with Gasteiger partial charge in [0.2, 0.25) is 5.78 Å². The van der Waals surface area contributed by atoms with Gasteiger partial charge in [-0.1, -0.05) is 66.7 Å². The van der Waals surface area contributed by atoms with Crippen LogP contribution >= 0.6 is 0 Å². The molecular weight excluding hydrogens is 572 g/mol. The number of aliphatic hydroxyl groups is 3. The standard InChI is InChI=1S/C37H42O8/c1-17(2)27-30(41)25(19(4)39)32(43)37(45)33(44)28-31(42)26-23(15-35(28,8)16-36(27,37)9)22(14-24(29(26)40)34(5,6)7)21-12-10-11-20(13-21)18(3)38/h10-14,17,27,40-41,44-45H,15-16H2,1-9H3/t27?,35-,36-,37+/m1/s1. The van der Waals surface area contributed by atoms with Crippen LogP contribution in [0.15, 0.2) is 53.0 Å². The van der Waals surface area contributed by atoms with Crippen molar-refractivity contribution in [1.29, 1.82) is 0 Å². The van der Waals surface area contributed by atoms with E-state index in [1.54, 1.807) is 45.9 Å². The molecule has 45 heavy (non-hydrogen) atoms. The molecule has 0 radical (unpaired) electrons. The molecule has 0 saturated carbocycles. The predicted molar refractivity (Wildman–Crippen MR) is 169 cm³/mol. The summed E-state index contributed by atoms with van der Waals surface area (Å²) < 4.78 is 0. The van der Waals surface area contributed by atoms with Gasteiger partial charge < -0.3 is 20.4 Å². The Morgan fingerprint density at radius 3 is 2.13 bits per heavy atom. The minimum atomic E-state index is -2.67. The van der Waals surface area contributed by atoms with Crippen LogP contribution in [0.4, 0.5) is 0 Å². The number of carbonyl (C=O) groups is 4. The highest BCUT2D eigenvalue weighted by Gasteiger charge is 2.71. The second-order valence-corrected chi connectivity index (χ2v) is 15.0. The fourth-order valence-corrected chi connectivity index (χ4v) is 8.54. The lowest BCUT2D eigenvalue weighted by Gasteiger charge is -2.59. The topological polar surface area (TPSA) is 149 Å². The predicted octanol–water partition coefficient (Wildman–Crippen LogP) is 6.51. The Morgan fingerprint density at radius 1 is 0.978 bits per heavy atom. The largest absolute Gasteiger partial charge is 0.511 e. The van der Waals surface area contributed by atoms with E-state index in [2.05, 4.69) is 0 Å². The van der Waals surface area contributed by atoms with E-state index in [4.69, 9.17) is 0 Å². The van der Waals surface area contributed by atoms with Crippen LogP contribution in [0.2, 0.25) is 0 Å². The summed E-state index contributed by atoms with van der Waals surface area (Å²) in [6.07, 6.45) is 0.138. The Hall–Kier alpha value is -4.04. The summed E-state index contributed by atoms with van der Waals surface area (Å²) in [4.78, 5) is 53.6. The molecule has 3 aliphatic carbocycles. The summed E-state index contributed by atoms with van der Waals surface area (Å²) in [5, 5.41) is 47.4. The molecule has 2 aromatic rings. The zero-order valence-electron chi connectivity index (χ0n) is 27.4. The number of hydrogen-bond acceptors (Lipinski definition) is 8. The van der Waals surface area contributed by atoms with Gasteiger partial charge in [0.05, 0.1) is 5.56 Å². The average molecular weight is 615 g/mol. The molecule has 0 amide bonds. The number of phenolic OH excluding ortho intramolecular Hbond substituents is 1. The summed E-state index contributed by atoms with van der Waals surface area (Å²) >= 11 is 0. The molecular formula is C37H42O8. The summed E-state index contributed by atoms with van der Waals surface area (Å²) in [5.74, 6) is -5.55. The highest BCUT2D eigenvalue weighted by molar-refractivity contribution is 6.25. The van der Waals surface area contributed by atoms with Crippen LogP contribution in [-0.4, -0.2) is 49.2 Å². The smallest absolute Gasteiger partial charge is 0.209 e. The highest BCUT2D eigenvalue weighted by Crippen LogP contribution is 2.65. The van der Waals surface area contributed by atoms with Crippen molar-refractivity contribution in [3.63, 3.8) is 0 Å². The molecule has 0 saturated heterocycles. The van der Waals surface area contributed by atoms with Gasteiger partial charge in [0.1, 0.15) is 22.8 Å². The van der Waals surface area contributed by atoms with Crippen molar-refractivity contribution >= 4 is 23.1 Å². The highest BCUT2D eigenvalue weighted by atomic mass is 16.3. The molecule has 8 heteroatoms. The molecule has 0 bridgehead atoms. The second kappa shape index (κ2) is 9.98. The summed E-state index contributed by atoms with van der Waals surface area (Å²) in [6.45, 7) is 15.2. The number of aliphatic hydroxyl groups excluding tert-OH is 2. The molecule has 1 unspecified atom stereocenters. The molecule has 0 spiro atoms. The van der Waals surface area contributed by atoms with Gasteiger partial charge in [0.25, 0.3) is 0 Å². The minimum absolute atomic E-state index is 0.000382. The van der Waals surface area contributed by atoms with E-state index in [0.717, 1.165) is 6.92 Å². The third kappa shape index (κ3) is 4.28. The molecule has 8 nitrogen and oxygen atoms in total. The molecule has 0 fully saturated rings.